The number of aliphatic hydroxyl groups excluding tert-OH is 1. The summed E-state index contributed by atoms with van der Waals surface area (Å²) in [5, 5.41) is 14.4. The molecule has 0 heterocycles. The van der Waals surface area contributed by atoms with Crippen LogP contribution in [-0.2, 0) is 4.79 Å². The Labute approximate surface area is 143 Å². The number of benzene rings is 1. The number of anilines is 1. The van der Waals surface area contributed by atoms with Crippen molar-refractivity contribution < 1.29 is 14.7 Å². The molecule has 0 aromatic heterocycles. The standard InChI is InChI=1S/C19H28N2O3/c1-14-4-2-5-15(12-14)13-18(23)21-17-8-6-16(7-9-17)19(24)20-10-3-11-22/h6-9,14-15,22H,2-5,10-13H2,1H3,(H,20,24)(H,21,23). The van der Waals surface area contributed by atoms with Crippen molar-refractivity contribution >= 4 is 17.5 Å². The highest BCUT2D eigenvalue weighted by molar-refractivity contribution is 5.95. The van der Waals surface area contributed by atoms with Crippen LogP contribution in [0, 0.1) is 11.8 Å². The average Bonchev–Trinajstić information content (AvgIpc) is 2.55. The first-order chi connectivity index (χ1) is 11.6. The van der Waals surface area contributed by atoms with Gasteiger partial charge in [0.1, 0.15) is 0 Å². The van der Waals surface area contributed by atoms with Crippen LogP contribution in [0.3, 0.4) is 0 Å². The molecule has 0 radical (unpaired) electrons. The van der Waals surface area contributed by atoms with Crippen molar-refractivity contribution in [3.8, 4) is 0 Å². The molecule has 0 spiro atoms. The summed E-state index contributed by atoms with van der Waals surface area (Å²) in [5.74, 6) is 1.09. The van der Waals surface area contributed by atoms with Gasteiger partial charge in [0, 0.05) is 30.8 Å². The van der Waals surface area contributed by atoms with Crippen LogP contribution < -0.4 is 10.6 Å². The van der Waals surface area contributed by atoms with Crippen molar-refractivity contribution in [3.05, 3.63) is 29.8 Å². The number of nitrogens with one attached hydrogen (secondary N) is 2. The van der Waals surface area contributed by atoms with Crippen molar-refractivity contribution in [3.63, 3.8) is 0 Å². The van der Waals surface area contributed by atoms with Crippen molar-refractivity contribution in [2.75, 3.05) is 18.5 Å². The first kappa shape index (κ1) is 18.5. The molecule has 0 saturated heterocycles. The van der Waals surface area contributed by atoms with Gasteiger partial charge in [0.25, 0.3) is 5.91 Å². The van der Waals surface area contributed by atoms with E-state index in [0.29, 0.717) is 30.9 Å². The molecule has 1 aliphatic carbocycles. The van der Waals surface area contributed by atoms with Gasteiger partial charge in [0.05, 0.1) is 0 Å². The summed E-state index contributed by atoms with van der Waals surface area (Å²) < 4.78 is 0. The summed E-state index contributed by atoms with van der Waals surface area (Å²) in [5.41, 5.74) is 1.27. The second-order valence-corrected chi connectivity index (χ2v) is 6.80. The molecule has 1 aliphatic rings. The Morgan fingerprint density at radius 2 is 1.96 bits per heavy atom. The first-order valence-electron chi connectivity index (χ1n) is 8.87. The fourth-order valence-corrected chi connectivity index (χ4v) is 3.31. The van der Waals surface area contributed by atoms with Crippen molar-refractivity contribution in [2.24, 2.45) is 11.8 Å². The van der Waals surface area contributed by atoms with Crippen LogP contribution in [0.1, 0.15) is 55.8 Å². The molecule has 1 aromatic rings. The van der Waals surface area contributed by atoms with Gasteiger partial charge >= 0.3 is 0 Å². The van der Waals surface area contributed by atoms with Crippen LogP contribution in [0.25, 0.3) is 0 Å². The Balaban J connectivity index is 1.80. The summed E-state index contributed by atoms with van der Waals surface area (Å²) >= 11 is 0. The summed E-state index contributed by atoms with van der Waals surface area (Å²) in [4.78, 5) is 24.0. The van der Waals surface area contributed by atoms with E-state index in [9.17, 15) is 9.59 Å². The highest BCUT2D eigenvalue weighted by Crippen LogP contribution is 2.30. The number of carbonyl (C=O) groups excluding carboxylic acids is 2. The van der Waals surface area contributed by atoms with E-state index in [-0.39, 0.29) is 18.4 Å². The Kier molecular flexibility index (Phi) is 7.25. The van der Waals surface area contributed by atoms with E-state index in [1.807, 2.05) is 0 Å². The van der Waals surface area contributed by atoms with Crippen molar-refractivity contribution in [1.82, 2.24) is 5.32 Å². The van der Waals surface area contributed by atoms with Gasteiger partial charge in [0.2, 0.25) is 5.91 Å². The fourth-order valence-electron chi connectivity index (χ4n) is 3.31. The number of rotatable bonds is 7. The lowest BCUT2D eigenvalue weighted by Crippen LogP contribution is -2.25. The van der Waals surface area contributed by atoms with Crippen LogP contribution in [0.15, 0.2) is 24.3 Å². The van der Waals surface area contributed by atoms with E-state index in [2.05, 4.69) is 17.6 Å². The maximum Gasteiger partial charge on any atom is 0.251 e. The van der Waals surface area contributed by atoms with Gasteiger partial charge in [-0.05, 0) is 55.4 Å². The zero-order chi connectivity index (χ0) is 17.4. The summed E-state index contributed by atoms with van der Waals surface area (Å²) in [6.07, 6.45) is 5.90. The third-order valence-electron chi connectivity index (χ3n) is 4.57. The Hall–Kier alpha value is -1.88. The Bertz CT molecular complexity index is 542. The number of carbonyl (C=O) groups is 2. The molecule has 1 fully saturated rings. The quantitative estimate of drug-likeness (QED) is 0.672. The molecule has 3 N–H and O–H groups in total. The van der Waals surface area contributed by atoms with Gasteiger partial charge in [0.15, 0.2) is 0 Å². The molecule has 24 heavy (non-hydrogen) atoms. The van der Waals surface area contributed by atoms with Crippen LogP contribution in [0.2, 0.25) is 0 Å². The van der Waals surface area contributed by atoms with Gasteiger partial charge in [-0.3, -0.25) is 9.59 Å². The third-order valence-corrected chi connectivity index (χ3v) is 4.57. The Morgan fingerprint density at radius 3 is 2.62 bits per heavy atom. The maximum absolute atomic E-state index is 12.2. The summed E-state index contributed by atoms with van der Waals surface area (Å²) in [6, 6.07) is 6.91. The zero-order valence-corrected chi connectivity index (χ0v) is 14.4. The predicted molar refractivity (Wildman–Crippen MR) is 94.8 cm³/mol. The molecule has 5 heteroatoms. The highest BCUT2D eigenvalue weighted by Gasteiger charge is 2.21. The minimum absolute atomic E-state index is 0.0502. The minimum Gasteiger partial charge on any atom is -0.396 e. The molecule has 1 saturated carbocycles. The molecule has 2 amide bonds. The highest BCUT2D eigenvalue weighted by atomic mass is 16.3. The first-order valence-corrected chi connectivity index (χ1v) is 8.87. The van der Waals surface area contributed by atoms with Crippen molar-refractivity contribution in [1.29, 1.82) is 0 Å². The van der Waals surface area contributed by atoms with E-state index in [0.717, 1.165) is 24.4 Å². The molecule has 0 aliphatic heterocycles. The van der Waals surface area contributed by atoms with E-state index in [4.69, 9.17) is 5.11 Å². The lowest BCUT2D eigenvalue weighted by molar-refractivity contribution is -0.117. The minimum atomic E-state index is -0.169. The van der Waals surface area contributed by atoms with Crippen LogP contribution in [0.4, 0.5) is 5.69 Å². The molecule has 1 aromatic carbocycles. The van der Waals surface area contributed by atoms with Gasteiger partial charge in [-0.15, -0.1) is 0 Å². The number of hydrogen-bond acceptors (Lipinski definition) is 3. The van der Waals surface area contributed by atoms with E-state index in [1.165, 1.54) is 12.8 Å². The second-order valence-electron chi connectivity index (χ2n) is 6.80. The summed E-state index contributed by atoms with van der Waals surface area (Å²) in [6.45, 7) is 2.77. The molecular formula is C19H28N2O3. The van der Waals surface area contributed by atoms with E-state index < -0.39 is 0 Å². The predicted octanol–water partition coefficient (Wildman–Crippen LogP) is 2.95. The van der Waals surface area contributed by atoms with Gasteiger partial charge < -0.3 is 15.7 Å². The number of hydrogen-bond donors (Lipinski definition) is 3. The molecule has 5 nitrogen and oxygen atoms in total. The van der Waals surface area contributed by atoms with Gasteiger partial charge in [-0.1, -0.05) is 19.8 Å². The van der Waals surface area contributed by atoms with Gasteiger partial charge in [-0.25, -0.2) is 0 Å². The van der Waals surface area contributed by atoms with E-state index in [1.54, 1.807) is 24.3 Å². The Morgan fingerprint density at radius 1 is 1.21 bits per heavy atom. The fraction of sp³-hybridized carbons (Fsp3) is 0.579. The average molecular weight is 332 g/mol. The molecule has 0 bridgehead atoms. The smallest absolute Gasteiger partial charge is 0.251 e. The molecule has 132 valence electrons. The van der Waals surface area contributed by atoms with Crippen LogP contribution in [0.5, 0.6) is 0 Å². The maximum atomic E-state index is 12.2. The lowest BCUT2D eigenvalue weighted by atomic mass is 9.81. The largest absolute Gasteiger partial charge is 0.396 e. The normalized spacial score (nSPS) is 20.4. The van der Waals surface area contributed by atoms with Crippen molar-refractivity contribution in [2.45, 2.75) is 45.4 Å². The molecule has 2 rings (SSSR count). The topological polar surface area (TPSA) is 78.4 Å². The number of aliphatic hydroxyl groups is 1. The summed E-state index contributed by atoms with van der Waals surface area (Å²) in [7, 11) is 0. The van der Waals surface area contributed by atoms with Gasteiger partial charge in [-0.2, -0.15) is 0 Å². The molecule has 2 unspecified atom stereocenters. The number of amides is 2. The lowest BCUT2D eigenvalue weighted by Gasteiger charge is -2.26. The second kappa shape index (κ2) is 9.42. The van der Waals surface area contributed by atoms with E-state index >= 15 is 0 Å². The van der Waals surface area contributed by atoms with Crippen LogP contribution in [-0.4, -0.2) is 30.1 Å². The van der Waals surface area contributed by atoms with Crippen LogP contribution >= 0.6 is 0 Å². The monoisotopic (exact) mass is 332 g/mol. The third kappa shape index (κ3) is 5.96. The SMILES string of the molecule is CC1CCCC(CC(=O)Nc2ccc(C(=O)NCCCO)cc2)C1. The molecule has 2 atom stereocenters. The molecular weight excluding hydrogens is 304 g/mol. The zero-order valence-electron chi connectivity index (χ0n) is 14.4.